The topological polar surface area (TPSA) is 57.0 Å². The van der Waals surface area contributed by atoms with Gasteiger partial charge in [0.2, 0.25) is 0 Å². The summed E-state index contributed by atoms with van der Waals surface area (Å²) in [6, 6.07) is 9.31. The van der Waals surface area contributed by atoms with E-state index in [0.717, 1.165) is 16.7 Å². The molecule has 1 unspecified atom stereocenters. The summed E-state index contributed by atoms with van der Waals surface area (Å²) in [6.07, 6.45) is 1.58. The lowest BCUT2D eigenvalue weighted by atomic mass is 10.1. The number of fused-ring (bicyclic) bond motifs is 1. The van der Waals surface area contributed by atoms with Crippen LogP contribution in [0.5, 0.6) is 0 Å². The fourth-order valence-corrected chi connectivity index (χ4v) is 2.34. The number of furan rings is 1. The number of benzene rings is 1. The van der Waals surface area contributed by atoms with Crippen LogP contribution in [0.25, 0.3) is 11.0 Å². The van der Waals surface area contributed by atoms with Gasteiger partial charge in [-0.1, -0.05) is 29.8 Å². The molecule has 0 bridgehead atoms. The van der Waals surface area contributed by atoms with Crippen LogP contribution in [0, 0.1) is 0 Å². The van der Waals surface area contributed by atoms with E-state index in [1.165, 1.54) is 0 Å². The van der Waals surface area contributed by atoms with Gasteiger partial charge < -0.3 is 10.2 Å². The molecule has 0 radical (unpaired) electrons. The maximum absolute atomic E-state index is 6.19. The highest BCUT2D eigenvalue weighted by atomic mass is 35.5. The van der Waals surface area contributed by atoms with E-state index in [4.69, 9.17) is 21.8 Å². The molecule has 2 N–H and O–H groups in total. The second-order valence-electron chi connectivity index (χ2n) is 4.17. The number of halogens is 1. The molecule has 0 saturated carbocycles. The van der Waals surface area contributed by atoms with Crippen LogP contribution in [0.1, 0.15) is 17.5 Å². The number of aryl methyl sites for hydroxylation is 1. The Bertz CT molecular complexity index is 649. The van der Waals surface area contributed by atoms with Gasteiger partial charge in [0.25, 0.3) is 0 Å². The van der Waals surface area contributed by atoms with Crippen LogP contribution in [0.3, 0.4) is 0 Å². The summed E-state index contributed by atoms with van der Waals surface area (Å²) >= 11 is 6.08. The molecule has 18 heavy (non-hydrogen) atoms. The van der Waals surface area contributed by atoms with Crippen LogP contribution in [0.15, 0.2) is 40.9 Å². The van der Waals surface area contributed by atoms with Gasteiger partial charge in [0.1, 0.15) is 17.4 Å². The van der Waals surface area contributed by atoms with E-state index >= 15 is 0 Å². The van der Waals surface area contributed by atoms with E-state index in [9.17, 15) is 0 Å². The van der Waals surface area contributed by atoms with Gasteiger partial charge in [0.15, 0.2) is 0 Å². The molecule has 0 amide bonds. The second-order valence-corrected chi connectivity index (χ2v) is 4.57. The molecule has 0 aliphatic heterocycles. The van der Waals surface area contributed by atoms with E-state index in [0.29, 0.717) is 10.8 Å². The Hall–Kier alpha value is -1.78. The number of para-hydroxylation sites is 1. The van der Waals surface area contributed by atoms with Crippen LogP contribution < -0.4 is 5.73 Å². The summed E-state index contributed by atoms with van der Waals surface area (Å²) in [5, 5.41) is 5.66. The van der Waals surface area contributed by atoms with E-state index in [-0.39, 0.29) is 0 Å². The normalized spacial score (nSPS) is 13.1. The second kappa shape index (κ2) is 4.15. The molecule has 3 aromatic rings. The van der Waals surface area contributed by atoms with Crippen molar-refractivity contribution in [1.82, 2.24) is 9.78 Å². The van der Waals surface area contributed by atoms with Gasteiger partial charge in [0.05, 0.1) is 16.9 Å². The predicted molar refractivity (Wildman–Crippen MR) is 70.5 cm³/mol. The van der Waals surface area contributed by atoms with Crippen LogP contribution in [0.2, 0.25) is 5.02 Å². The van der Waals surface area contributed by atoms with E-state index < -0.39 is 6.04 Å². The number of hydrogen-bond donors (Lipinski definition) is 1. The molecule has 1 atom stereocenters. The Balaban J connectivity index is 2.09. The lowest BCUT2D eigenvalue weighted by Crippen LogP contribution is -2.15. The summed E-state index contributed by atoms with van der Waals surface area (Å²) in [7, 11) is 1.81. The number of nitrogens with two attached hydrogens (primary N) is 1. The van der Waals surface area contributed by atoms with Gasteiger partial charge in [-0.25, -0.2) is 0 Å². The SMILES string of the molecule is Cn1ncc(Cl)c1C(N)c1cc2ccccc2o1. The molecule has 5 heteroatoms. The fraction of sp³-hybridized carbons (Fsp3) is 0.154. The van der Waals surface area contributed by atoms with Crippen LogP contribution in [0.4, 0.5) is 0 Å². The summed E-state index contributed by atoms with van der Waals surface area (Å²) < 4.78 is 7.41. The van der Waals surface area contributed by atoms with Gasteiger partial charge in [-0.3, -0.25) is 4.68 Å². The first kappa shape index (κ1) is 11.3. The van der Waals surface area contributed by atoms with Crippen molar-refractivity contribution in [3.05, 3.63) is 53.0 Å². The molecule has 4 nitrogen and oxygen atoms in total. The number of nitrogens with zero attached hydrogens (tertiary/aromatic N) is 2. The molecule has 0 fully saturated rings. The van der Waals surface area contributed by atoms with Crippen molar-refractivity contribution in [1.29, 1.82) is 0 Å². The van der Waals surface area contributed by atoms with Crippen molar-refractivity contribution in [2.45, 2.75) is 6.04 Å². The Labute approximate surface area is 109 Å². The van der Waals surface area contributed by atoms with E-state index in [2.05, 4.69) is 5.10 Å². The van der Waals surface area contributed by atoms with Crippen molar-refractivity contribution in [3.63, 3.8) is 0 Å². The number of rotatable bonds is 2. The highest BCUT2D eigenvalue weighted by Crippen LogP contribution is 2.29. The summed E-state index contributed by atoms with van der Waals surface area (Å²) in [5.74, 6) is 0.682. The lowest BCUT2D eigenvalue weighted by Gasteiger charge is -2.09. The first-order valence-electron chi connectivity index (χ1n) is 5.58. The van der Waals surface area contributed by atoms with Crippen molar-refractivity contribution >= 4 is 22.6 Å². The van der Waals surface area contributed by atoms with Gasteiger partial charge >= 0.3 is 0 Å². The molecule has 0 aliphatic rings. The van der Waals surface area contributed by atoms with Gasteiger partial charge in [-0.15, -0.1) is 0 Å². The highest BCUT2D eigenvalue weighted by molar-refractivity contribution is 6.31. The molecule has 1 aromatic carbocycles. The standard InChI is InChI=1S/C13H12ClN3O/c1-17-13(9(14)7-16-17)12(15)11-6-8-4-2-3-5-10(8)18-11/h2-7,12H,15H2,1H3. The first-order chi connectivity index (χ1) is 8.66. The quantitative estimate of drug-likeness (QED) is 0.772. The molecule has 3 rings (SSSR count). The minimum atomic E-state index is -0.419. The zero-order valence-electron chi connectivity index (χ0n) is 9.80. The first-order valence-corrected chi connectivity index (χ1v) is 5.96. The number of aromatic nitrogens is 2. The molecular weight excluding hydrogens is 250 g/mol. The molecule has 0 spiro atoms. The zero-order valence-corrected chi connectivity index (χ0v) is 10.6. The van der Waals surface area contributed by atoms with E-state index in [1.54, 1.807) is 10.9 Å². The minimum absolute atomic E-state index is 0.419. The van der Waals surface area contributed by atoms with Crippen molar-refractivity contribution in [2.24, 2.45) is 12.8 Å². The summed E-state index contributed by atoms with van der Waals surface area (Å²) in [5.41, 5.74) is 7.75. The van der Waals surface area contributed by atoms with Crippen LogP contribution >= 0.6 is 11.6 Å². The van der Waals surface area contributed by atoms with Crippen LogP contribution in [-0.2, 0) is 7.05 Å². The monoisotopic (exact) mass is 261 g/mol. The minimum Gasteiger partial charge on any atom is -0.459 e. The zero-order chi connectivity index (χ0) is 12.7. The number of hydrogen-bond acceptors (Lipinski definition) is 3. The molecule has 0 saturated heterocycles. The summed E-state index contributed by atoms with van der Waals surface area (Å²) in [6.45, 7) is 0. The Kier molecular flexibility index (Phi) is 2.61. The van der Waals surface area contributed by atoms with Crippen molar-refractivity contribution in [2.75, 3.05) is 0 Å². The molecular formula is C13H12ClN3O. The van der Waals surface area contributed by atoms with Crippen molar-refractivity contribution < 1.29 is 4.42 Å². The molecule has 2 aromatic heterocycles. The largest absolute Gasteiger partial charge is 0.459 e. The molecule has 2 heterocycles. The Morgan fingerprint density at radius 3 is 2.83 bits per heavy atom. The summed E-state index contributed by atoms with van der Waals surface area (Å²) in [4.78, 5) is 0. The van der Waals surface area contributed by atoms with E-state index in [1.807, 2.05) is 37.4 Å². The average Bonchev–Trinajstić information content (AvgIpc) is 2.92. The van der Waals surface area contributed by atoms with Crippen molar-refractivity contribution in [3.8, 4) is 0 Å². The third-order valence-corrected chi connectivity index (χ3v) is 3.27. The van der Waals surface area contributed by atoms with Gasteiger partial charge in [-0.2, -0.15) is 5.10 Å². The maximum Gasteiger partial charge on any atom is 0.134 e. The highest BCUT2D eigenvalue weighted by Gasteiger charge is 2.20. The third-order valence-electron chi connectivity index (χ3n) is 2.98. The Morgan fingerprint density at radius 2 is 2.17 bits per heavy atom. The van der Waals surface area contributed by atoms with Gasteiger partial charge in [0, 0.05) is 12.4 Å². The average molecular weight is 262 g/mol. The van der Waals surface area contributed by atoms with Gasteiger partial charge in [-0.05, 0) is 12.1 Å². The predicted octanol–water partition coefficient (Wildman–Crippen LogP) is 2.87. The third kappa shape index (κ3) is 1.70. The molecule has 92 valence electrons. The smallest absolute Gasteiger partial charge is 0.134 e. The lowest BCUT2D eigenvalue weighted by molar-refractivity contribution is 0.509. The Morgan fingerprint density at radius 1 is 1.39 bits per heavy atom. The fourth-order valence-electron chi connectivity index (χ4n) is 2.06. The maximum atomic E-state index is 6.19. The molecule has 0 aliphatic carbocycles. The van der Waals surface area contributed by atoms with Crippen LogP contribution in [-0.4, -0.2) is 9.78 Å².